The zero-order valence-electron chi connectivity index (χ0n) is 26.9. The first kappa shape index (κ1) is 30.5. The molecule has 4 N–H and O–H groups in total. The molecule has 0 aromatic heterocycles. The summed E-state index contributed by atoms with van der Waals surface area (Å²) in [5, 5.41) is 41.7. The minimum atomic E-state index is -1.30. The molecule has 13 atom stereocenters. The normalized spacial score (nSPS) is 52.1. The average Bonchev–Trinajstić information content (AvgIpc) is 3.21. The molecule has 0 unspecified atom stereocenters. The van der Waals surface area contributed by atoms with E-state index in [4.69, 9.17) is 18.9 Å². The van der Waals surface area contributed by atoms with Crippen molar-refractivity contribution in [3.8, 4) is 0 Å². The van der Waals surface area contributed by atoms with E-state index >= 15 is 0 Å². The lowest BCUT2D eigenvalue weighted by Gasteiger charge is -2.51. The van der Waals surface area contributed by atoms with Crippen molar-refractivity contribution in [3.05, 3.63) is 34.9 Å². The number of hydrogen-bond acceptors (Lipinski definition) is 8. The van der Waals surface area contributed by atoms with Gasteiger partial charge >= 0.3 is 0 Å². The molecule has 0 aromatic carbocycles. The maximum absolute atomic E-state index is 11.0. The van der Waals surface area contributed by atoms with Gasteiger partial charge in [-0.05, 0) is 79.8 Å². The second-order valence-electron chi connectivity index (χ2n) is 16.5. The number of hydrogen-bond donors (Lipinski definition) is 4. The molecule has 3 heterocycles. The van der Waals surface area contributed by atoms with Gasteiger partial charge in [-0.25, -0.2) is 0 Å². The Kier molecular flexibility index (Phi) is 6.90. The number of fused-ring (bicyclic) bond motifs is 6. The standard InChI is InChI=1S/C35H52O8/c1-18-14-24-29(32(4,5)39)43-35(42-24)17-34(7)22-10-9-21-19(15-20(22)12-13-33(34,6)28(18)35)8-11-25(31(21,2)3)41-30-27(38)26(37)23(36)16-40-30/h8,10,12,18,21,23-30,36-39H,9,11,13-17H2,1-7H3/t18-,21-,23-,24-,25+,26+,27-,28-,29-,30+,33-,34+,35-/m1/s1. The van der Waals surface area contributed by atoms with Crippen molar-refractivity contribution in [2.75, 3.05) is 6.61 Å². The predicted octanol–water partition coefficient (Wildman–Crippen LogP) is 4.16. The second kappa shape index (κ2) is 9.71. The highest BCUT2D eigenvalue weighted by Crippen LogP contribution is 2.74. The van der Waals surface area contributed by atoms with Crippen molar-refractivity contribution in [1.29, 1.82) is 0 Å². The Morgan fingerprint density at radius 3 is 2.44 bits per heavy atom. The number of allylic oxidation sites excluding steroid dienone is 5. The molecule has 3 aliphatic heterocycles. The smallest absolute Gasteiger partial charge is 0.186 e. The fraction of sp³-hybridized carbons (Fsp3) is 0.829. The van der Waals surface area contributed by atoms with E-state index in [9.17, 15) is 20.4 Å². The van der Waals surface area contributed by atoms with Crippen LogP contribution in [0.15, 0.2) is 34.9 Å². The van der Waals surface area contributed by atoms with Gasteiger partial charge in [0.25, 0.3) is 0 Å². The third-order valence-corrected chi connectivity index (χ3v) is 13.1. The molecular weight excluding hydrogens is 548 g/mol. The molecule has 240 valence electrons. The lowest BCUT2D eigenvalue weighted by Crippen LogP contribution is -2.56. The minimum Gasteiger partial charge on any atom is -0.388 e. The summed E-state index contributed by atoms with van der Waals surface area (Å²) in [6, 6.07) is 0. The third kappa shape index (κ3) is 4.23. The zero-order chi connectivity index (χ0) is 30.9. The first-order valence-corrected chi connectivity index (χ1v) is 16.5. The van der Waals surface area contributed by atoms with Gasteiger partial charge < -0.3 is 39.4 Å². The molecule has 8 heteroatoms. The van der Waals surface area contributed by atoms with Crippen molar-refractivity contribution >= 4 is 0 Å². The van der Waals surface area contributed by atoms with E-state index in [-0.39, 0.29) is 53.0 Å². The van der Waals surface area contributed by atoms with Gasteiger partial charge in [-0.1, -0.05) is 58.4 Å². The topological polar surface area (TPSA) is 118 Å². The molecule has 1 spiro atoms. The van der Waals surface area contributed by atoms with Gasteiger partial charge in [0.2, 0.25) is 0 Å². The van der Waals surface area contributed by atoms with E-state index in [0.29, 0.717) is 12.3 Å². The molecule has 3 saturated heterocycles. The number of rotatable bonds is 3. The molecule has 4 aliphatic carbocycles. The molecule has 8 nitrogen and oxygen atoms in total. The molecule has 1 saturated carbocycles. The Morgan fingerprint density at radius 1 is 0.977 bits per heavy atom. The van der Waals surface area contributed by atoms with E-state index in [1.54, 1.807) is 0 Å². The molecule has 2 bridgehead atoms. The lowest BCUT2D eigenvalue weighted by molar-refractivity contribution is -0.293. The van der Waals surface area contributed by atoms with Crippen molar-refractivity contribution in [1.82, 2.24) is 0 Å². The summed E-state index contributed by atoms with van der Waals surface area (Å²) in [7, 11) is 0. The Bertz CT molecular complexity index is 1250. The van der Waals surface area contributed by atoms with Crippen LogP contribution in [0, 0.1) is 34.0 Å². The van der Waals surface area contributed by atoms with Gasteiger partial charge in [0.1, 0.15) is 24.4 Å². The van der Waals surface area contributed by atoms with Crippen LogP contribution in [0.4, 0.5) is 0 Å². The van der Waals surface area contributed by atoms with Crippen LogP contribution >= 0.6 is 0 Å². The molecule has 43 heavy (non-hydrogen) atoms. The van der Waals surface area contributed by atoms with Crippen molar-refractivity contribution < 1.29 is 39.4 Å². The SMILES string of the molecule is C[C@@H]1C[C@H]2O[C@]3(C[C@@]4(C)C5=CC[C@@H]6C(=CC[C@H](O[C@@H]7OC[C@@H](O)[C@H](O)[C@H]7O)C6(C)C)CC5=CC[C@]4(C)[C@@H]13)O[C@H]2C(C)(C)O. The summed E-state index contributed by atoms with van der Waals surface area (Å²) in [5.74, 6) is 0.233. The van der Waals surface area contributed by atoms with E-state index in [1.165, 1.54) is 16.7 Å². The summed E-state index contributed by atoms with van der Waals surface area (Å²) in [6.45, 7) is 15.4. The van der Waals surface area contributed by atoms with E-state index in [0.717, 1.165) is 32.1 Å². The van der Waals surface area contributed by atoms with Gasteiger partial charge in [0.05, 0.1) is 24.4 Å². The Morgan fingerprint density at radius 2 is 1.72 bits per heavy atom. The first-order valence-electron chi connectivity index (χ1n) is 16.5. The Hall–Kier alpha value is -1.10. The second-order valence-corrected chi connectivity index (χ2v) is 16.5. The van der Waals surface area contributed by atoms with Crippen LogP contribution in [0.3, 0.4) is 0 Å². The van der Waals surface area contributed by atoms with Crippen LogP contribution in [0.2, 0.25) is 0 Å². The van der Waals surface area contributed by atoms with Gasteiger partial charge in [-0.2, -0.15) is 0 Å². The predicted molar refractivity (Wildman–Crippen MR) is 159 cm³/mol. The van der Waals surface area contributed by atoms with Crippen LogP contribution in [-0.4, -0.2) is 81.3 Å². The Balaban J connectivity index is 1.19. The van der Waals surface area contributed by atoms with Crippen LogP contribution < -0.4 is 0 Å². The van der Waals surface area contributed by atoms with Crippen LogP contribution in [-0.2, 0) is 18.9 Å². The number of aliphatic hydroxyl groups is 4. The van der Waals surface area contributed by atoms with E-state index < -0.39 is 36.0 Å². The quantitative estimate of drug-likeness (QED) is 0.357. The molecule has 4 fully saturated rings. The maximum Gasteiger partial charge on any atom is 0.186 e. The van der Waals surface area contributed by atoms with Crippen LogP contribution in [0.5, 0.6) is 0 Å². The first-order chi connectivity index (χ1) is 20.0. The highest BCUT2D eigenvalue weighted by molar-refractivity contribution is 5.49. The number of ether oxygens (including phenoxy) is 4. The van der Waals surface area contributed by atoms with Crippen LogP contribution in [0.1, 0.15) is 87.0 Å². The summed E-state index contributed by atoms with van der Waals surface area (Å²) in [6.07, 6.45) is 7.18. The van der Waals surface area contributed by atoms with Crippen molar-refractivity contribution in [2.24, 2.45) is 34.0 Å². The highest BCUT2D eigenvalue weighted by atomic mass is 16.8. The zero-order valence-corrected chi connectivity index (χ0v) is 26.9. The van der Waals surface area contributed by atoms with Crippen molar-refractivity contribution in [2.45, 2.75) is 141 Å². The fourth-order valence-electron chi connectivity index (χ4n) is 10.7. The molecule has 0 aromatic rings. The van der Waals surface area contributed by atoms with Crippen molar-refractivity contribution in [3.63, 3.8) is 0 Å². The van der Waals surface area contributed by atoms with Gasteiger partial charge in [0.15, 0.2) is 12.1 Å². The van der Waals surface area contributed by atoms with E-state index in [1.807, 2.05) is 13.8 Å². The largest absolute Gasteiger partial charge is 0.388 e. The summed E-state index contributed by atoms with van der Waals surface area (Å²) in [4.78, 5) is 0. The summed E-state index contributed by atoms with van der Waals surface area (Å²) in [5.41, 5.74) is 2.91. The average molecular weight is 601 g/mol. The summed E-state index contributed by atoms with van der Waals surface area (Å²) < 4.78 is 25.7. The third-order valence-electron chi connectivity index (χ3n) is 13.1. The molecule has 7 rings (SSSR count). The molecule has 0 radical (unpaired) electrons. The highest BCUT2D eigenvalue weighted by Gasteiger charge is 2.75. The van der Waals surface area contributed by atoms with Gasteiger partial charge in [-0.3, -0.25) is 0 Å². The number of aliphatic hydroxyl groups excluding tert-OH is 3. The Labute approximate surface area is 256 Å². The monoisotopic (exact) mass is 600 g/mol. The lowest BCUT2D eigenvalue weighted by atomic mass is 9.53. The molecule has 0 amide bonds. The van der Waals surface area contributed by atoms with Crippen LogP contribution in [0.25, 0.3) is 0 Å². The fourth-order valence-corrected chi connectivity index (χ4v) is 10.7. The van der Waals surface area contributed by atoms with Gasteiger partial charge in [-0.15, -0.1) is 0 Å². The molecule has 7 aliphatic rings. The van der Waals surface area contributed by atoms with E-state index in [2.05, 4.69) is 52.8 Å². The summed E-state index contributed by atoms with van der Waals surface area (Å²) >= 11 is 0. The minimum absolute atomic E-state index is 0.0356. The van der Waals surface area contributed by atoms with Gasteiger partial charge in [0, 0.05) is 17.8 Å². The maximum atomic E-state index is 11.0. The molecular formula is C35H52O8.